The zero-order valence-electron chi connectivity index (χ0n) is 14.8. The largest absolute Gasteiger partial charge is 0.484 e. The molecule has 1 aliphatic rings. The van der Waals surface area contributed by atoms with Gasteiger partial charge in [-0.15, -0.1) is 10.2 Å². The second-order valence-electron chi connectivity index (χ2n) is 6.72. The minimum absolute atomic E-state index is 0.0202. The molecule has 6 heteroatoms. The summed E-state index contributed by atoms with van der Waals surface area (Å²) in [7, 11) is 0. The zero-order valence-corrected chi connectivity index (χ0v) is 14.8. The molecule has 4 rings (SSSR count). The third kappa shape index (κ3) is 3.27. The number of piperidine rings is 1. The van der Waals surface area contributed by atoms with Crippen molar-refractivity contribution < 1.29 is 9.53 Å². The average molecular weight is 350 g/mol. The zero-order chi connectivity index (χ0) is 17.9. The number of nitrogens with zero attached hydrogens (tertiary/aromatic N) is 4. The maximum atomic E-state index is 12.6. The molecule has 1 atom stereocenters. The summed E-state index contributed by atoms with van der Waals surface area (Å²) in [5.74, 6) is 1.91. The predicted molar refractivity (Wildman–Crippen MR) is 98.2 cm³/mol. The third-order valence-corrected chi connectivity index (χ3v) is 4.92. The van der Waals surface area contributed by atoms with E-state index in [1.807, 2.05) is 64.9 Å². The van der Waals surface area contributed by atoms with Crippen LogP contribution in [0.15, 0.2) is 48.7 Å². The fourth-order valence-corrected chi connectivity index (χ4v) is 3.50. The molecule has 0 spiro atoms. The van der Waals surface area contributed by atoms with Crippen molar-refractivity contribution in [2.24, 2.45) is 0 Å². The highest BCUT2D eigenvalue weighted by Gasteiger charge is 2.28. The summed E-state index contributed by atoms with van der Waals surface area (Å²) in [5.41, 5.74) is 1.88. The molecule has 1 amide bonds. The molecule has 2 aromatic heterocycles. The molecule has 0 aliphatic carbocycles. The van der Waals surface area contributed by atoms with Crippen LogP contribution in [0.1, 0.15) is 30.1 Å². The van der Waals surface area contributed by atoms with Gasteiger partial charge in [0.2, 0.25) is 0 Å². The van der Waals surface area contributed by atoms with Gasteiger partial charge in [0, 0.05) is 25.2 Å². The molecule has 1 saturated heterocycles. The van der Waals surface area contributed by atoms with Crippen LogP contribution >= 0.6 is 0 Å². The van der Waals surface area contributed by atoms with Crippen molar-refractivity contribution >= 4 is 11.6 Å². The van der Waals surface area contributed by atoms with Crippen molar-refractivity contribution in [3.8, 4) is 5.75 Å². The first-order chi connectivity index (χ1) is 12.7. The summed E-state index contributed by atoms with van der Waals surface area (Å²) in [4.78, 5) is 14.5. The minimum atomic E-state index is 0.0202. The Morgan fingerprint density at radius 2 is 2.04 bits per heavy atom. The number of likely N-dealkylation sites (tertiary alicyclic amines) is 1. The first kappa shape index (κ1) is 16.6. The number of amides is 1. The van der Waals surface area contributed by atoms with Crippen molar-refractivity contribution in [3.05, 3.63) is 60.0 Å². The van der Waals surface area contributed by atoms with Crippen LogP contribution in [0.4, 0.5) is 0 Å². The number of hydrogen-bond acceptors (Lipinski definition) is 4. The second-order valence-corrected chi connectivity index (χ2v) is 6.72. The molecule has 3 aromatic rings. The predicted octanol–water partition coefficient (Wildman–Crippen LogP) is 2.82. The van der Waals surface area contributed by atoms with Crippen molar-refractivity contribution in [2.45, 2.75) is 25.7 Å². The van der Waals surface area contributed by atoms with E-state index in [0.717, 1.165) is 42.2 Å². The van der Waals surface area contributed by atoms with Gasteiger partial charge in [0.15, 0.2) is 12.3 Å². The lowest BCUT2D eigenvalue weighted by atomic mass is 9.97. The van der Waals surface area contributed by atoms with E-state index in [2.05, 4.69) is 10.2 Å². The molecule has 6 nitrogen and oxygen atoms in total. The van der Waals surface area contributed by atoms with E-state index < -0.39 is 0 Å². The summed E-state index contributed by atoms with van der Waals surface area (Å²) >= 11 is 0. The Morgan fingerprint density at radius 1 is 1.19 bits per heavy atom. The van der Waals surface area contributed by atoms with E-state index in [4.69, 9.17) is 4.74 Å². The van der Waals surface area contributed by atoms with Gasteiger partial charge < -0.3 is 9.64 Å². The van der Waals surface area contributed by atoms with Crippen molar-refractivity contribution in [1.29, 1.82) is 0 Å². The number of aromatic nitrogens is 3. The molecular weight excluding hydrogens is 328 g/mol. The summed E-state index contributed by atoms with van der Waals surface area (Å²) in [5, 5.41) is 8.60. The van der Waals surface area contributed by atoms with Crippen LogP contribution in [0.2, 0.25) is 0 Å². The average Bonchev–Trinajstić information content (AvgIpc) is 3.11. The number of carbonyl (C=O) groups excluding carboxylic acids is 1. The smallest absolute Gasteiger partial charge is 0.260 e. The van der Waals surface area contributed by atoms with Gasteiger partial charge in [-0.3, -0.25) is 9.20 Å². The topological polar surface area (TPSA) is 59.7 Å². The number of fused-ring (bicyclic) bond motifs is 1. The number of aryl methyl sites for hydroxylation is 1. The van der Waals surface area contributed by atoms with Gasteiger partial charge in [0.25, 0.3) is 5.91 Å². The van der Waals surface area contributed by atoms with Crippen molar-refractivity contribution in [2.75, 3.05) is 19.7 Å². The Bertz CT molecular complexity index is 921. The Morgan fingerprint density at radius 3 is 2.92 bits per heavy atom. The molecule has 26 heavy (non-hydrogen) atoms. The van der Waals surface area contributed by atoms with Gasteiger partial charge >= 0.3 is 0 Å². The second kappa shape index (κ2) is 7.15. The van der Waals surface area contributed by atoms with E-state index in [1.54, 1.807) is 0 Å². The van der Waals surface area contributed by atoms with E-state index in [0.29, 0.717) is 6.54 Å². The van der Waals surface area contributed by atoms with Crippen molar-refractivity contribution in [1.82, 2.24) is 19.5 Å². The van der Waals surface area contributed by atoms with E-state index in [-0.39, 0.29) is 18.4 Å². The number of ether oxygens (including phenoxy) is 1. The number of carbonyl (C=O) groups is 1. The quantitative estimate of drug-likeness (QED) is 0.726. The molecule has 134 valence electrons. The van der Waals surface area contributed by atoms with Crippen LogP contribution in [0.3, 0.4) is 0 Å². The normalized spacial score (nSPS) is 17.4. The SMILES string of the molecule is Cc1ccccc1OCC(=O)N1CCCC(c2nnc3ccccn23)C1. The first-order valence-corrected chi connectivity index (χ1v) is 8.98. The Kier molecular flexibility index (Phi) is 4.56. The van der Waals surface area contributed by atoms with Crippen LogP contribution in [0.25, 0.3) is 5.65 Å². The van der Waals surface area contributed by atoms with E-state index in [1.165, 1.54) is 0 Å². The van der Waals surface area contributed by atoms with Crippen LogP contribution in [0, 0.1) is 6.92 Å². The first-order valence-electron chi connectivity index (χ1n) is 8.98. The summed E-state index contributed by atoms with van der Waals surface area (Å²) in [6.45, 7) is 3.47. The van der Waals surface area contributed by atoms with Gasteiger partial charge in [0.05, 0.1) is 0 Å². The molecule has 1 aliphatic heterocycles. The summed E-state index contributed by atoms with van der Waals surface area (Å²) in [6.07, 6.45) is 3.95. The van der Waals surface area contributed by atoms with Gasteiger partial charge in [0.1, 0.15) is 11.6 Å². The van der Waals surface area contributed by atoms with Gasteiger partial charge in [-0.05, 0) is 43.5 Å². The number of para-hydroxylation sites is 1. The highest BCUT2D eigenvalue weighted by Crippen LogP contribution is 2.26. The fraction of sp³-hybridized carbons (Fsp3) is 0.350. The minimum Gasteiger partial charge on any atom is -0.484 e. The molecule has 3 heterocycles. The van der Waals surface area contributed by atoms with E-state index in [9.17, 15) is 4.79 Å². The maximum absolute atomic E-state index is 12.6. The number of rotatable bonds is 4. The molecule has 0 saturated carbocycles. The summed E-state index contributed by atoms with van der Waals surface area (Å²) < 4.78 is 7.74. The van der Waals surface area contributed by atoms with Gasteiger partial charge in [-0.1, -0.05) is 24.3 Å². The molecule has 0 N–H and O–H groups in total. The number of benzene rings is 1. The highest BCUT2D eigenvalue weighted by molar-refractivity contribution is 5.78. The van der Waals surface area contributed by atoms with Crippen LogP contribution in [-0.2, 0) is 4.79 Å². The molecule has 1 unspecified atom stereocenters. The van der Waals surface area contributed by atoms with Crippen LogP contribution in [-0.4, -0.2) is 45.1 Å². The lowest BCUT2D eigenvalue weighted by Gasteiger charge is -2.32. The Balaban J connectivity index is 1.43. The van der Waals surface area contributed by atoms with Crippen LogP contribution < -0.4 is 4.74 Å². The molecular formula is C20H22N4O2. The van der Waals surface area contributed by atoms with E-state index >= 15 is 0 Å². The van der Waals surface area contributed by atoms with Crippen molar-refractivity contribution in [3.63, 3.8) is 0 Å². The lowest BCUT2D eigenvalue weighted by Crippen LogP contribution is -2.42. The van der Waals surface area contributed by atoms with Gasteiger partial charge in [-0.2, -0.15) is 0 Å². The number of pyridine rings is 1. The molecule has 0 radical (unpaired) electrons. The third-order valence-electron chi connectivity index (χ3n) is 4.92. The molecule has 1 aromatic carbocycles. The highest BCUT2D eigenvalue weighted by atomic mass is 16.5. The van der Waals surface area contributed by atoms with Crippen LogP contribution in [0.5, 0.6) is 5.75 Å². The maximum Gasteiger partial charge on any atom is 0.260 e. The standard InChI is InChI=1S/C20H22N4O2/c1-15-7-2-3-9-17(15)26-14-19(25)23-11-6-8-16(13-23)20-22-21-18-10-4-5-12-24(18)20/h2-5,7,9-10,12,16H,6,8,11,13-14H2,1H3. The molecule has 1 fully saturated rings. The molecule has 0 bridgehead atoms. The Hall–Kier alpha value is -2.89. The fourth-order valence-electron chi connectivity index (χ4n) is 3.50. The Labute approximate surface area is 152 Å². The monoisotopic (exact) mass is 350 g/mol. The van der Waals surface area contributed by atoms with Gasteiger partial charge in [-0.25, -0.2) is 0 Å². The number of hydrogen-bond donors (Lipinski definition) is 0. The lowest BCUT2D eigenvalue weighted by molar-refractivity contribution is -0.134. The summed E-state index contributed by atoms with van der Waals surface area (Å²) in [6, 6.07) is 13.6.